The van der Waals surface area contributed by atoms with Gasteiger partial charge in [-0.25, -0.2) is 8.42 Å². The molecule has 0 heterocycles. The average molecular weight is 251 g/mol. The molecule has 84 valence electrons. The largest absolute Gasteiger partial charge is 1.00 e. The van der Waals surface area contributed by atoms with Gasteiger partial charge in [-0.2, -0.15) is 0 Å². The van der Waals surface area contributed by atoms with E-state index in [2.05, 4.69) is 5.32 Å². The number of anilines is 1. The first-order valence-electron chi connectivity index (χ1n) is 4.80. The fraction of sp³-hybridized carbons (Fsp3) is 0.400. The van der Waals surface area contributed by atoms with E-state index in [9.17, 15) is 13.0 Å². The minimum atomic E-state index is -4.05. The summed E-state index contributed by atoms with van der Waals surface area (Å²) in [7, 11) is -4.05. The van der Waals surface area contributed by atoms with E-state index in [1.54, 1.807) is 0 Å². The fourth-order valence-corrected chi connectivity index (χ4v) is 1.75. The van der Waals surface area contributed by atoms with Crippen molar-refractivity contribution in [1.82, 2.24) is 0 Å². The molecule has 4 nitrogen and oxygen atoms in total. The van der Waals surface area contributed by atoms with Crippen LogP contribution in [-0.2, 0) is 10.1 Å². The maximum absolute atomic E-state index is 10.3. The molecule has 0 amide bonds. The molecular formula is C10H14NNaO3S. The van der Waals surface area contributed by atoms with Gasteiger partial charge in [0.1, 0.15) is 0 Å². The predicted molar refractivity (Wildman–Crippen MR) is 58.7 cm³/mol. The van der Waals surface area contributed by atoms with Gasteiger partial charge in [0.15, 0.2) is 0 Å². The van der Waals surface area contributed by atoms with Crippen molar-refractivity contribution in [3.05, 3.63) is 30.3 Å². The van der Waals surface area contributed by atoms with Crippen molar-refractivity contribution >= 4 is 15.8 Å². The van der Waals surface area contributed by atoms with E-state index in [1.807, 2.05) is 30.3 Å². The van der Waals surface area contributed by atoms with Gasteiger partial charge >= 0.3 is 29.6 Å². The Balaban J connectivity index is 0.00000225. The Morgan fingerprint density at radius 1 is 1.12 bits per heavy atom. The number of unbranched alkanes of at least 4 members (excludes halogenated alkanes) is 1. The van der Waals surface area contributed by atoms with Crippen LogP contribution >= 0.6 is 0 Å². The second-order valence-electron chi connectivity index (χ2n) is 3.26. The maximum atomic E-state index is 10.3. The molecule has 1 rings (SSSR count). The third-order valence-corrected chi connectivity index (χ3v) is 2.71. The molecule has 0 aliphatic rings. The van der Waals surface area contributed by atoms with E-state index in [0.29, 0.717) is 19.4 Å². The van der Waals surface area contributed by atoms with E-state index in [4.69, 9.17) is 0 Å². The first kappa shape index (κ1) is 15.9. The van der Waals surface area contributed by atoms with Crippen molar-refractivity contribution < 1.29 is 42.5 Å². The van der Waals surface area contributed by atoms with Gasteiger partial charge in [-0.1, -0.05) is 18.2 Å². The van der Waals surface area contributed by atoms with Crippen molar-refractivity contribution in [2.45, 2.75) is 12.8 Å². The first-order chi connectivity index (χ1) is 7.08. The summed E-state index contributed by atoms with van der Waals surface area (Å²) < 4.78 is 30.9. The van der Waals surface area contributed by atoms with Gasteiger partial charge in [0.25, 0.3) is 0 Å². The summed E-state index contributed by atoms with van der Waals surface area (Å²) >= 11 is 0. The van der Waals surface area contributed by atoms with Crippen molar-refractivity contribution in [2.75, 3.05) is 17.6 Å². The zero-order chi connectivity index (χ0) is 11.1. The van der Waals surface area contributed by atoms with Gasteiger partial charge in [0, 0.05) is 18.0 Å². The van der Waals surface area contributed by atoms with Crippen LogP contribution in [0.25, 0.3) is 0 Å². The van der Waals surface area contributed by atoms with Crippen molar-refractivity contribution in [1.29, 1.82) is 0 Å². The summed E-state index contributed by atoms with van der Waals surface area (Å²) in [5.74, 6) is -0.274. The molecule has 0 fully saturated rings. The molecule has 1 aromatic carbocycles. The van der Waals surface area contributed by atoms with Crippen LogP contribution in [0.4, 0.5) is 5.69 Å². The molecule has 1 N–H and O–H groups in total. The quantitative estimate of drug-likeness (QED) is 0.377. The van der Waals surface area contributed by atoms with Crippen LogP contribution in [0.2, 0.25) is 0 Å². The zero-order valence-corrected chi connectivity index (χ0v) is 12.2. The summed E-state index contributed by atoms with van der Waals surface area (Å²) in [6.45, 7) is 0.680. The summed E-state index contributed by atoms with van der Waals surface area (Å²) in [5, 5.41) is 3.13. The average Bonchev–Trinajstić information content (AvgIpc) is 2.17. The molecule has 0 saturated heterocycles. The summed E-state index contributed by atoms with van der Waals surface area (Å²) in [6, 6.07) is 9.64. The number of benzene rings is 1. The van der Waals surface area contributed by atoms with Crippen LogP contribution in [0.1, 0.15) is 12.8 Å². The Kier molecular flexibility index (Phi) is 8.05. The molecule has 0 bridgehead atoms. The topological polar surface area (TPSA) is 69.2 Å². The minimum absolute atomic E-state index is 0. The number of hydrogen-bond acceptors (Lipinski definition) is 4. The third-order valence-electron chi connectivity index (χ3n) is 1.92. The first-order valence-corrected chi connectivity index (χ1v) is 6.38. The Morgan fingerprint density at radius 3 is 2.31 bits per heavy atom. The van der Waals surface area contributed by atoms with Gasteiger partial charge in [0.2, 0.25) is 0 Å². The van der Waals surface area contributed by atoms with Gasteiger partial charge in [-0.3, -0.25) is 0 Å². The Hall–Kier alpha value is -0.0700. The SMILES string of the molecule is O=S(=O)([O-])CCCCNc1ccccc1.[Na+]. The van der Waals surface area contributed by atoms with Crippen molar-refractivity contribution in [2.24, 2.45) is 0 Å². The Labute approximate surface area is 118 Å². The molecule has 0 radical (unpaired) electrons. The fourth-order valence-electron chi connectivity index (χ4n) is 1.19. The molecule has 0 atom stereocenters. The molecule has 0 unspecified atom stereocenters. The van der Waals surface area contributed by atoms with Crippen molar-refractivity contribution in [3.8, 4) is 0 Å². The Bertz CT molecular complexity index is 380. The third kappa shape index (κ3) is 8.13. The molecule has 1 aromatic rings. The van der Waals surface area contributed by atoms with Crippen LogP contribution < -0.4 is 34.9 Å². The molecule has 0 aliphatic heterocycles. The monoisotopic (exact) mass is 251 g/mol. The van der Waals surface area contributed by atoms with Crippen LogP contribution in [0.5, 0.6) is 0 Å². The number of nitrogens with one attached hydrogen (secondary N) is 1. The standard InChI is InChI=1S/C10H15NO3S.Na/c12-15(13,14)9-5-4-8-11-10-6-2-1-3-7-10;/h1-3,6-7,11H,4-5,8-9H2,(H,12,13,14);/q;+1/p-1. The molecule has 16 heavy (non-hydrogen) atoms. The van der Waals surface area contributed by atoms with E-state index in [-0.39, 0.29) is 35.3 Å². The van der Waals surface area contributed by atoms with Crippen LogP contribution in [0, 0.1) is 0 Å². The van der Waals surface area contributed by atoms with E-state index in [0.717, 1.165) is 5.69 Å². The molecule has 6 heteroatoms. The van der Waals surface area contributed by atoms with Gasteiger partial charge in [0.05, 0.1) is 10.1 Å². The number of hydrogen-bond donors (Lipinski definition) is 1. The number of rotatable bonds is 6. The van der Waals surface area contributed by atoms with Crippen molar-refractivity contribution in [3.63, 3.8) is 0 Å². The smallest absolute Gasteiger partial charge is 0.748 e. The molecule has 0 spiro atoms. The van der Waals surface area contributed by atoms with E-state index >= 15 is 0 Å². The minimum Gasteiger partial charge on any atom is -0.748 e. The molecular weight excluding hydrogens is 237 g/mol. The number of para-hydroxylation sites is 1. The van der Waals surface area contributed by atoms with E-state index < -0.39 is 10.1 Å². The molecule has 0 aliphatic carbocycles. The summed E-state index contributed by atoms with van der Waals surface area (Å²) in [6.07, 6.45) is 1.09. The molecule has 0 saturated carbocycles. The second kappa shape index (κ2) is 8.08. The van der Waals surface area contributed by atoms with Crippen LogP contribution in [0.3, 0.4) is 0 Å². The predicted octanol–water partition coefficient (Wildman–Crippen LogP) is -1.57. The Morgan fingerprint density at radius 2 is 1.75 bits per heavy atom. The van der Waals surface area contributed by atoms with Gasteiger partial charge < -0.3 is 9.87 Å². The van der Waals surface area contributed by atoms with Gasteiger partial charge in [-0.05, 0) is 25.0 Å². The van der Waals surface area contributed by atoms with Crippen LogP contribution in [0.15, 0.2) is 30.3 Å². The normalized spacial score (nSPS) is 10.6. The maximum Gasteiger partial charge on any atom is 1.00 e. The van der Waals surface area contributed by atoms with E-state index in [1.165, 1.54) is 0 Å². The second-order valence-corrected chi connectivity index (χ2v) is 4.79. The zero-order valence-electron chi connectivity index (χ0n) is 9.35. The summed E-state index contributed by atoms with van der Waals surface area (Å²) in [4.78, 5) is 0. The summed E-state index contributed by atoms with van der Waals surface area (Å²) in [5.41, 5.74) is 1.00. The molecule has 0 aromatic heterocycles. The van der Waals surface area contributed by atoms with Crippen LogP contribution in [-0.4, -0.2) is 25.3 Å². The van der Waals surface area contributed by atoms with Gasteiger partial charge in [-0.15, -0.1) is 0 Å².